The van der Waals surface area contributed by atoms with Crippen molar-refractivity contribution in [1.29, 1.82) is 0 Å². The predicted molar refractivity (Wildman–Crippen MR) is 106 cm³/mol. The summed E-state index contributed by atoms with van der Waals surface area (Å²) >= 11 is 0. The molecule has 2 aromatic heterocycles. The van der Waals surface area contributed by atoms with Crippen LogP contribution in [0.2, 0.25) is 0 Å². The lowest BCUT2D eigenvalue weighted by atomic mass is 10.2. The molecule has 2 aromatic carbocycles. The number of carbonyl (C=O) groups excluding carboxylic acids is 1. The van der Waals surface area contributed by atoms with E-state index in [-0.39, 0.29) is 30.5 Å². The second-order valence-electron chi connectivity index (χ2n) is 6.74. The van der Waals surface area contributed by atoms with E-state index < -0.39 is 0 Å². The summed E-state index contributed by atoms with van der Waals surface area (Å²) in [4.78, 5) is 29.0. The van der Waals surface area contributed by atoms with Crippen LogP contribution in [0.4, 0.5) is 0 Å². The summed E-state index contributed by atoms with van der Waals surface area (Å²) < 4.78 is 3.25. The lowest BCUT2D eigenvalue weighted by Gasteiger charge is -2.14. The van der Waals surface area contributed by atoms with Gasteiger partial charge in [0.05, 0.1) is 29.3 Å². The number of hydrogen-bond acceptors (Lipinski definition) is 5. The van der Waals surface area contributed by atoms with Gasteiger partial charge in [-0.3, -0.25) is 14.2 Å². The maximum Gasteiger partial charge on any atom is 0.261 e. The first-order chi connectivity index (χ1) is 13.6. The van der Waals surface area contributed by atoms with Gasteiger partial charge >= 0.3 is 0 Å². The molecule has 0 unspecified atom stereocenters. The normalized spacial score (nSPS) is 12.3. The van der Waals surface area contributed by atoms with Crippen LogP contribution >= 0.6 is 0 Å². The van der Waals surface area contributed by atoms with Crippen LogP contribution in [0.5, 0.6) is 0 Å². The van der Waals surface area contributed by atoms with Crippen molar-refractivity contribution in [1.82, 2.24) is 29.9 Å². The number of amides is 1. The van der Waals surface area contributed by atoms with Crippen molar-refractivity contribution in [3.8, 4) is 0 Å². The van der Waals surface area contributed by atoms with E-state index in [0.717, 1.165) is 11.0 Å². The van der Waals surface area contributed by atoms with Crippen molar-refractivity contribution in [3.63, 3.8) is 0 Å². The zero-order valence-electron chi connectivity index (χ0n) is 15.4. The third-order valence-electron chi connectivity index (χ3n) is 4.59. The van der Waals surface area contributed by atoms with Gasteiger partial charge in [-0.25, -0.2) is 9.67 Å². The van der Waals surface area contributed by atoms with Gasteiger partial charge < -0.3 is 5.32 Å². The van der Waals surface area contributed by atoms with E-state index in [4.69, 9.17) is 0 Å². The van der Waals surface area contributed by atoms with Crippen molar-refractivity contribution in [2.24, 2.45) is 0 Å². The molecule has 0 aliphatic rings. The minimum Gasteiger partial charge on any atom is -0.352 e. The van der Waals surface area contributed by atoms with Crippen LogP contribution in [0.15, 0.2) is 59.7 Å². The molecule has 0 radical (unpaired) electrons. The largest absolute Gasteiger partial charge is 0.352 e. The van der Waals surface area contributed by atoms with Gasteiger partial charge in [-0.15, -0.1) is 5.10 Å². The Labute approximate surface area is 160 Å². The van der Waals surface area contributed by atoms with Gasteiger partial charge in [0.2, 0.25) is 5.91 Å². The molecule has 0 aliphatic carbocycles. The van der Waals surface area contributed by atoms with Gasteiger partial charge in [0.1, 0.15) is 5.52 Å². The van der Waals surface area contributed by atoms with Gasteiger partial charge in [0, 0.05) is 19.0 Å². The summed E-state index contributed by atoms with van der Waals surface area (Å²) in [5.74, 6) is -0.128. The van der Waals surface area contributed by atoms with Gasteiger partial charge in [0.15, 0.2) is 0 Å². The Kier molecular flexibility index (Phi) is 4.84. The van der Waals surface area contributed by atoms with E-state index in [0.29, 0.717) is 17.4 Å². The minimum absolute atomic E-state index is 0.121. The maximum atomic E-state index is 12.5. The fraction of sp³-hybridized carbons (Fsp3) is 0.250. The topological polar surface area (TPSA) is 94.7 Å². The van der Waals surface area contributed by atoms with E-state index >= 15 is 0 Å². The van der Waals surface area contributed by atoms with Crippen molar-refractivity contribution in [3.05, 3.63) is 65.2 Å². The number of aryl methyl sites for hydroxylation is 1. The average Bonchev–Trinajstić information content (AvgIpc) is 3.10. The summed E-state index contributed by atoms with van der Waals surface area (Å²) in [5.41, 5.74) is 2.27. The number of para-hydroxylation sites is 2. The number of hydrogen-bond donors (Lipinski definition) is 1. The first kappa shape index (κ1) is 17.8. The molecule has 1 N–H and O–H groups in total. The highest BCUT2D eigenvalue weighted by Crippen LogP contribution is 2.10. The van der Waals surface area contributed by atoms with Gasteiger partial charge in [-0.1, -0.05) is 29.5 Å². The van der Waals surface area contributed by atoms with Crippen LogP contribution < -0.4 is 10.9 Å². The van der Waals surface area contributed by atoms with Crippen LogP contribution in [0.3, 0.4) is 0 Å². The second kappa shape index (κ2) is 7.59. The Morgan fingerprint density at radius 3 is 2.71 bits per heavy atom. The Morgan fingerprint density at radius 2 is 1.86 bits per heavy atom. The lowest BCUT2D eigenvalue weighted by molar-refractivity contribution is -0.122. The molecule has 4 rings (SSSR count). The maximum absolute atomic E-state index is 12.5. The third kappa shape index (κ3) is 3.62. The molecule has 1 amide bonds. The highest BCUT2D eigenvalue weighted by atomic mass is 16.2. The molecule has 0 fully saturated rings. The first-order valence-corrected chi connectivity index (χ1v) is 9.13. The van der Waals surface area contributed by atoms with Gasteiger partial charge in [-0.05, 0) is 31.2 Å². The number of nitrogens with zero attached hydrogens (tertiary/aromatic N) is 5. The smallest absolute Gasteiger partial charge is 0.261 e. The van der Waals surface area contributed by atoms with Crippen LogP contribution in [-0.4, -0.2) is 36.5 Å². The number of fused-ring (bicyclic) bond motifs is 2. The molecular formula is C20H20N6O2. The quantitative estimate of drug-likeness (QED) is 0.553. The predicted octanol–water partition coefficient (Wildman–Crippen LogP) is 1.74. The summed E-state index contributed by atoms with van der Waals surface area (Å²) in [6, 6.07) is 14.8. The summed E-state index contributed by atoms with van der Waals surface area (Å²) in [6.45, 7) is 2.71. The van der Waals surface area contributed by atoms with Crippen LogP contribution in [0.25, 0.3) is 21.9 Å². The number of benzene rings is 2. The summed E-state index contributed by atoms with van der Waals surface area (Å²) in [5, 5.41) is 11.8. The Bertz CT molecular complexity index is 1200. The fourth-order valence-electron chi connectivity index (χ4n) is 3.19. The molecular weight excluding hydrogens is 356 g/mol. The molecule has 4 aromatic rings. The highest BCUT2D eigenvalue weighted by Gasteiger charge is 2.12. The fourth-order valence-corrected chi connectivity index (χ4v) is 3.19. The molecule has 0 aliphatic heterocycles. The van der Waals surface area contributed by atoms with Crippen molar-refractivity contribution in [2.75, 3.05) is 0 Å². The third-order valence-corrected chi connectivity index (χ3v) is 4.59. The average molecular weight is 376 g/mol. The number of rotatable bonds is 6. The van der Waals surface area contributed by atoms with Gasteiger partial charge in [0.25, 0.3) is 5.56 Å². The highest BCUT2D eigenvalue weighted by molar-refractivity contribution is 5.78. The monoisotopic (exact) mass is 376 g/mol. The molecule has 8 nitrogen and oxygen atoms in total. The Balaban J connectivity index is 1.37. The summed E-state index contributed by atoms with van der Waals surface area (Å²) in [6.07, 6.45) is 1.69. The van der Waals surface area contributed by atoms with Crippen LogP contribution in [0.1, 0.15) is 13.3 Å². The van der Waals surface area contributed by atoms with Gasteiger partial charge in [-0.2, -0.15) is 0 Å². The molecule has 1 atom stereocenters. The zero-order valence-corrected chi connectivity index (χ0v) is 15.4. The molecule has 0 saturated carbocycles. The van der Waals surface area contributed by atoms with Crippen molar-refractivity contribution in [2.45, 2.75) is 32.5 Å². The standard InChI is InChI=1S/C20H20N6O2/c1-14(12-26-18-9-5-4-8-17(18)23-24-26)22-19(27)10-11-25-13-21-16-7-3-2-6-15(16)20(25)28/h2-9,13-14H,10-12H2,1H3,(H,22,27)/t14-/m1/s1. The number of carbonyl (C=O) groups is 1. The zero-order chi connectivity index (χ0) is 19.5. The molecule has 28 heavy (non-hydrogen) atoms. The molecule has 8 heteroatoms. The van der Waals surface area contributed by atoms with Crippen LogP contribution in [-0.2, 0) is 17.9 Å². The molecule has 142 valence electrons. The molecule has 0 spiro atoms. The Hall–Kier alpha value is -3.55. The van der Waals surface area contributed by atoms with E-state index in [1.54, 1.807) is 22.9 Å². The Morgan fingerprint density at radius 1 is 1.11 bits per heavy atom. The number of nitrogens with one attached hydrogen (secondary N) is 1. The van der Waals surface area contributed by atoms with Crippen molar-refractivity contribution >= 4 is 27.8 Å². The molecule has 0 saturated heterocycles. The lowest BCUT2D eigenvalue weighted by Crippen LogP contribution is -2.36. The van der Waals surface area contributed by atoms with E-state index in [1.807, 2.05) is 37.3 Å². The first-order valence-electron chi connectivity index (χ1n) is 9.13. The summed E-state index contributed by atoms with van der Waals surface area (Å²) in [7, 11) is 0. The van der Waals surface area contributed by atoms with E-state index in [2.05, 4.69) is 20.6 Å². The SMILES string of the molecule is C[C@H](Cn1nnc2ccccc21)NC(=O)CCn1cnc2ccccc2c1=O. The van der Waals surface area contributed by atoms with Crippen LogP contribution in [0, 0.1) is 0 Å². The number of aromatic nitrogens is 5. The molecule has 2 heterocycles. The van der Waals surface area contributed by atoms with E-state index in [1.165, 1.54) is 10.9 Å². The molecule has 0 bridgehead atoms. The van der Waals surface area contributed by atoms with E-state index in [9.17, 15) is 9.59 Å². The van der Waals surface area contributed by atoms with Crippen molar-refractivity contribution < 1.29 is 4.79 Å². The second-order valence-corrected chi connectivity index (χ2v) is 6.74. The minimum atomic E-state index is -0.138.